The summed E-state index contributed by atoms with van der Waals surface area (Å²) in [4.78, 5) is 53.0. The molecule has 1 saturated carbocycles. The van der Waals surface area contributed by atoms with E-state index in [4.69, 9.17) is 5.73 Å². The molecule has 146 valence electrons. The van der Waals surface area contributed by atoms with E-state index < -0.39 is 23.8 Å². The first kappa shape index (κ1) is 17.5. The summed E-state index contributed by atoms with van der Waals surface area (Å²) in [6, 6.07) is 4.35. The molecule has 5 rings (SSSR count). The lowest BCUT2D eigenvalue weighted by Crippen LogP contribution is -2.54. The van der Waals surface area contributed by atoms with E-state index in [1.165, 1.54) is 6.42 Å². The van der Waals surface area contributed by atoms with Crippen LogP contribution in [-0.4, -0.2) is 59.1 Å². The summed E-state index contributed by atoms with van der Waals surface area (Å²) >= 11 is 0. The molecule has 28 heavy (non-hydrogen) atoms. The molecular weight excluding hydrogens is 360 g/mol. The van der Waals surface area contributed by atoms with Crippen LogP contribution in [0.5, 0.6) is 0 Å². The van der Waals surface area contributed by atoms with Gasteiger partial charge in [-0.3, -0.25) is 34.3 Å². The van der Waals surface area contributed by atoms with Gasteiger partial charge in [-0.1, -0.05) is 12.1 Å². The van der Waals surface area contributed by atoms with E-state index >= 15 is 0 Å². The van der Waals surface area contributed by atoms with Gasteiger partial charge >= 0.3 is 0 Å². The molecule has 0 bridgehead atoms. The average Bonchev–Trinajstić information content (AvgIpc) is 3.13. The fourth-order valence-electron chi connectivity index (χ4n) is 5.10. The number of carbonyl (C=O) groups excluding carboxylic acids is 4. The van der Waals surface area contributed by atoms with Crippen molar-refractivity contribution >= 4 is 23.6 Å². The number of fused-ring (bicyclic) bond motifs is 2. The maximum atomic E-state index is 13.1. The molecule has 0 radical (unpaired) electrons. The third-order valence-corrected chi connectivity index (χ3v) is 6.73. The number of nitrogens with one attached hydrogen (secondary N) is 1. The van der Waals surface area contributed by atoms with Crippen molar-refractivity contribution < 1.29 is 19.2 Å². The zero-order valence-electron chi connectivity index (χ0n) is 15.4. The largest absolute Gasteiger partial charge is 0.330 e. The second-order valence-corrected chi connectivity index (χ2v) is 8.42. The van der Waals surface area contributed by atoms with Crippen LogP contribution >= 0.6 is 0 Å². The molecule has 3 aliphatic heterocycles. The lowest BCUT2D eigenvalue weighted by Gasteiger charge is -2.28. The Morgan fingerprint density at radius 1 is 1.18 bits per heavy atom. The number of hydrogen-bond donors (Lipinski definition) is 2. The first-order chi connectivity index (χ1) is 13.4. The molecule has 3 fully saturated rings. The number of carbonyl (C=O) groups is 4. The van der Waals surface area contributed by atoms with Crippen LogP contribution in [0.15, 0.2) is 18.2 Å². The minimum absolute atomic E-state index is 0.118. The maximum Gasteiger partial charge on any atom is 0.262 e. The minimum Gasteiger partial charge on any atom is -0.330 e. The molecule has 0 aromatic heterocycles. The van der Waals surface area contributed by atoms with Crippen molar-refractivity contribution in [3.8, 4) is 0 Å². The number of rotatable bonds is 4. The maximum absolute atomic E-state index is 13.1. The molecule has 2 saturated heterocycles. The molecule has 1 aromatic rings. The van der Waals surface area contributed by atoms with Gasteiger partial charge in [-0.25, -0.2) is 0 Å². The predicted octanol–water partition coefficient (Wildman–Crippen LogP) is -0.132. The molecular formula is C20H22N4O4. The second kappa shape index (κ2) is 5.96. The van der Waals surface area contributed by atoms with Gasteiger partial charge in [0, 0.05) is 26.1 Å². The predicted molar refractivity (Wildman–Crippen MR) is 98.0 cm³/mol. The summed E-state index contributed by atoms with van der Waals surface area (Å²) < 4.78 is 0. The molecule has 4 aliphatic rings. The summed E-state index contributed by atoms with van der Waals surface area (Å²) in [5.74, 6) is -1.23. The third-order valence-electron chi connectivity index (χ3n) is 6.73. The van der Waals surface area contributed by atoms with E-state index in [1.54, 1.807) is 12.1 Å². The number of amides is 4. The number of benzene rings is 1. The SMILES string of the molecule is NC[C@@]12C[C@@H]1CN(Cc1cccc3c1C(=O)N(C1CCC(=O)NC1=O)C3=O)C2. The first-order valence-electron chi connectivity index (χ1n) is 9.69. The highest BCUT2D eigenvalue weighted by Crippen LogP contribution is 2.57. The molecule has 3 atom stereocenters. The lowest BCUT2D eigenvalue weighted by atomic mass is 10.0. The van der Waals surface area contributed by atoms with E-state index in [0.717, 1.165) is 23.6 Å². The van der Waals surface area contributed by atoms with Gasteiger partial charge < -0.3 is 5.73 Å². The highest BCUT2D eigenvalue weighted by atomic mass is 16.2. The lowest BCUT2D eigenvalue weighted by molar-refractivity contribution is -0.136. The monoisotopic (exact) mass is 382 g/mol. The number of hydrogen-bond acceptors (Lipinski definition) is 6. The Labute approximate surface area is 162 Å². The van der Waals surface area contributed by atoms with Crippen LogP contribution in [0.3, 0.4) is 0 Å². The van der Waals surface area contributed by atoms with Gasteiger partial charge in [0.25, 0.3) is 11.8 Å². The molecule has 3 N–H and O–H groups in total. The molecule has 8 nitrogen and oxygen atoms in total. The fraction of sp³-hybridized carbons (Fsp3) is 0.500. The van der Waals surface area contributed by atoms with Gasteiger partial charge in [0.2, 0.25) is 11.8 Å². The van der Waals surface area contributed by atoms with E-state index in [1.807, 2.05) is 6.07 Å². The molecule has 4 amide bonds. The zero-order chi connectivity index (χ0) is 19.6. The Kier molecular flexibility index (Phi) is 3.73. The van der Waals surface area contributed by atoms with Crippen LogP contribution in [-0.2, 0) is 16.1 Å². The number of nitrogens with zero attached hydrogens (tertiary/aromatic N) is 2. The van der Waals surface area contributed by atoms with Crippen LogP contribution in [0.25, 0.3) is 0 Å². The Balaban J connectivity index is 1.41. The van der Waals surface area contributed by atoms with E-state index in [-0.39, 0.29) is 24.2 Å². The number of nitrogens with two attached hydrogens (primary N) is 1. The quantitative estimate of drug-likeness (QED) is 0.702. The van der Waals surface area contributed by atoms with Gasteiger partial charge in [-0.15, -0.1) is 0 Å². The Hall–Kier alpha value is -2.58. The first-order valence-corrected chi connectivity index (χ1v) is 9.69. The summed E-state index contributed by atoms with van der Waals surface area (Å²) in [5, 5.41) is 2.22. The van der Waals surface area contributed by atoms with E-state index in [2.05, 4.69) is 10.2 Å². The average molecular weight is 382 g/mol. The summed E-state index contributed by atoms with van der Waals surface area (Å²) in [6.07, 6.45) is 1.46. The summed E-state index contributed by atoms with van der Waals surface area (Å²) in [5.41, 5.74) is 7.69. The number of piperidine rings is 2. The Bertz CT molecular complexity index is 925. The van der Waals surface area contributed by atoms with Crippen molar-refractivity contribution in [2.45, 2.75) is 31.8 Å². The van der Waals surface area contributed by atoms with Crippen LogP contribution < -0.4 is 11.1 Å². The van der Waals surface area contributed by atoms with Crippen LogP contribution in [0.1, 0.15) is 45.5 Å². The Morgan fingerprint density at radius 3 is 2.71 bits per heavy atom. The minimum atomic E-state index is -0.933. The number of likely N-dealkylation sites (tertiary alicyclic amines) is 1. The second-order valence-electron chi connectivity index (χ2n) is 8.42. The van der Waals surface area contributed by atoms with Crippen molar-refractivity contribution in [2.24, 2.45) is 17.1 Å². The van der Waals surface area contributed by atoms with E-state index in [0.29, 0.717) is 30.1 Å². The smallest absolute Gasteiger partial charge is 0.262 e. The van der Waals surface area contributed by atoms with Crippen molar-refractivity contribution in [1.29, 1.82) is 0 Å². The van der Waals surface area contributed by atoms with Gasteiger partial charge in [0.05, 0.1) is 11.1 Å². The van der Waals surface area contributed by atoms with Crippen LogP contribution in [0, 0.1) is 11.3 Å². The van der Waals surface area contributed by atoms with Crippen LogP contribution in [0.2, 0.25) is 0 Å². The molecule has 1 unspecified atom stereocenters. The normalized spacial score (nSPS) is 31.8. The number of imide groups is 2. The molecule has 1 aliphatic carbocycles. The highest BCUT2D eigenvalue weighted by molar-refractivity contribution is 6.24. The van der Waals surface area contributed by atoms with E-state index in [9.17, 15) is 19.2 Å². The van der Waals surface area contributed by atoms with Crippen molar-refractivity contribution in [2.75, 3.05) is 19.6 Å². The van der Waals surface area contributed by atoms with Crippen LogP contribution in [0.4, 0.5) is 0 Å². The van der Waals surface area contributed by atoms with Crippen molar-refractivity contribution in [3.63, 3.8) is 0 Å². The molecule has 1 aromatic carbocycles. The van der Waals surface area contributed by atoms with Crippen molar-refractivity contribution in [3.05, 3.63) is 34.9 Å². The topological polar surface area (TPSA) is 113 Å². The van der Waals surface area contributed by atoms with Gasteiger partial charge in [0.1, 0.15) is 6.04 Å². The zero-order valence-corrected chi connectivity index (χ0v) is 15.4. The third kappa shape index (κ3) is 2.44. The molecule has 0 spiro atoms. The molecule has 3 heterocycles. The van der Waals surface area contributed by atoms with Crippen molar-refractivity contribution in [1.82, 2.24) is 15.1 Å². The summed E-state index contributed by atoms with van der Waals surface area (Å²) in [6.45, 7) is 3.14. The van der Waals surface area contributed by atoms with Gasteiger partial charge in [0.15, 0.2) is 0 Å². The Morgan fingerprint density at radius 2 is 2.00 bits per heavy atom. The standard InChI is InChI=1S/C20H22N4O4/c21-9-20-6-12(20)8-23(10-20)7-11-2-1-3-13-16(11)19(28)24(18(13)27)14-4-5-15(25)22-17(14)26/h1-3,12,14H,4-10,21H2,(H,22,25,26)/t12-,14?,20-/m1/s1. The van der Waals surface area contributed by atoms with Gasteiger partial charge in [-0.05, 0) is 42.3 Å². The summed E-state index contributed by atoms with van der Waals surface area (Å²) in [7, 11) is 0. The fourth-order valence-corrected chi connectivity index (χ4v) is 5.10. The van der Waals surface area contributed by atoms with Gasteiger partial charge in [-0.2, -0.15) is 0 Å². The highest BCUT2D eigenvalue weighted by Gasteiger charge is 2.58. The molecule has 8 heteroatoms.